The Morgan fingerprint density at radius 1 is 1.11 bits per heavy atom. The monoisotopic (exact) mass is 482 g/mol. The fourth-order valence-electron chi connectivity index (χ4n) is 3.45. The number of likely N-dealkylation sites (tertiary alicyclic amines) is 1. The highest BCUT2D eigenvalue weighted by Gasteiger charge is 2.48. The zero-order chi connectivity index (χ0) is 26.2. The van der Waals surface area contributed by atoms with E-state index >= 15 is 0 Å². The molecule has 0 aliphatic carbocycles. The number of nitrogens with one attached hydrogen (secondary N) is 1. The minimum Gasteiger partial charge on any atom is -0.425 e. The number of β-lactam (4-membered cyclic amide) rings is 1. The van der Waals surface area contributed by atoms with Gasteiger partial charge in [-0.25, -0.2) is 4.79 Å². The maximum absolute atomic E-state index is 13.0. The summed E-state index contributed by atoms with van der Waals surface area (Å²) in [5.74, 6) is -1.06. The van der Waals surface area contributed by atoms with Gasteiger partial charge in [0, 0.05) is 24.1 Å². The number of ether oxygens (including phenoxy) is 2. The third-order valence-corrected chi connectivity index (χ3v) is 6.38. The van der Waals surface area contributed by atoms with E-state index in [1.807, 2.05) is 39.8 Å². The van der Waals surface area contributed by atoms with Crippen LogP contribution in [0, 0.1) is 5.41 Å². The fraction of sp³-hybridized carbons (Fsp3) is 0.407. The highest BCUT2D eigenvalue weighted by molar-refractivity contribution is 6.02. The van der Waals surface area contributed by atoms with Gasteiger partial charge in [-0.2, -0.15) is 0 Å². The van der Waals surface area contributed by atoms with Gasteiger partial charge in [-0.15, -0.1) is 0 Å². The van der Waals surface area contributed by atoms with Crippen molar-refractivity contribution in [1.82, 2.24) is 4.90 Å². The first kappa shape index (κ1) is 27.7. The molecule has 0 saturated carbocycles. The first-order valence-electron chi connectivity index (χ1n) is 11.4. The van der Waals surface area contributed by atoms with Crippen LogP contribution >= 0.6 is 0 Å². The number of allylic oxidation sites excluding steroid dienone is 4. The Labute approximate surface area is 206 Å². The van der Waals surface area contributed by atoms with Gasteiger partial charge in [0.2, 0.25) is 17.7 Å². The van der Waals surface area contributed by atoms with E-state index in [-0.39, 0.29) is 25.0 Å². The van der Waals surface area contributed by atoms with E-state index in [2.05, 4.69) is 11.9 Å². The van der Waals surface area contributed by atoms with Gasteiger partial charge in [-0.1, -0.05) is 58.6 Å². The van der Waals surface area contributed by atoms with Gasteiger partial charge in [0.25, 0.3) is 0 Å². The summed E-state index contributed by atoms with van der Waals surface area (Å²) in [6.45, 7) is 12.7. The van der Waals surface area contributed by atoms with Crippen molar-refractivity contribution >= 4 is 29.4 Å². The summed E-state index contributed by atoms with van der Waals surface area (Å²) in [7, 11) is 0. The van der Waals surface area contributed by atoms with Crippen LogP contribution in [0.15, 0.2) is 60.9 Å². The summed E-state index contributed by atoms with van der Waals surface area (Å²) in [6.07, 6.45) is 6.77. The van der Waals surface area contributed by atoms with Crippen LogP contribution in [0.5, 0.6) is 0 Å². The van der Waals surface area contributed by atoms with Crippen LogP contribution in [0.25, 0.3) is 0 Å². The average Bonchev–Trinajstić information content (AvgIpc) is 2.78. The van der Waals surface area contributed by atoms with Gasteiger partial charge in [-0.05, 0) is 36.8 Å². The highest BCUT2D eigenvalue weighted by atomic mass is 16.6. The molecule has 1 fully saturated rings. The van der Waals surface area contributed by atoms with E-state index in [0.29, 0.717) is 24.4 Å². The molecule has 1 aliphatic heterocycles. The van der Waals surface area contributed by atoms with E-state index in [1.165, 1.54) is 17.1 Å². The molecule has 3 amide bonds. The number of rotatable bonds is 11. The predicted molar refractivity (Wildman–Crippen MR) is 133 cm³/mol. The normalized spacial score (nSPS) is 14.5. The number of anilines is 1. The molecule has 1 saturated heterocycles. The van der Waals surface area contributed by atoms with Gasteiger partial charge < -0.3 is 14.8 Å². The van der Waals surface area contributed by atoms with E-state index in [0.717, 1.165) is 5.56 Å². The Morgan fingerprint density at radius 3 is 2.29 bits per heavy atom. The Kier molecular flexibility index (Phi) is 9.31. The lowest BCUT2D eigenvalue weighted by molar-refractivity contribution is -0.160. The highest BCUT2D eigenvalue weighted by Crippen LogP contribution is 2.43. The van der Waals surface area contributed by atoms with Crippen LogP contribution in [-0.2, 0) is 34.1 Å². The van der Waals surface area contributed by atoms with E-state index in [4.69, 9.17) is 9.47 Å². The maximum atomic E-state index is 13.0. The summed E-state index contributed by atoms with van der Waals surface area (Å²) < 4.78 is 10.3. The molecule has 1 aromatic rings. The topological polar surface area (TPSA) is 102 Å². The molecular weight excluding hydrogens is 448 g/mol. The largest absolute Gasteiger partial charge is 0.425 e. The molecule has 8 nitrogen and oxygen atoms in total. The molecule has 0 radical (unpaired) electrons. The van der Waals surface area contributed by atoms with Crippen molar-refractivity contribution in [3.05, 3.63) is 66.5 Å². The number of hydrogen-bond donors (Lipinski definition) is 1. The minimum atomic E-state index is -0.816. The minimum absolute atomic E-state index is 0.140. The Morgan fingerprint density at radius 2 is 1.77 bits per heavy atom. The smallest absolute Gasteiger partial charge is 0.337 e. The molecule has 0 bridgehead atoms. The first-order chi connectivity index (χ1) is 16.4. The van der Waals surface area contributed by atoms with E-state index in [9.17, 15) is 19.2 Å². The molecule has 8 heteroatoms. The number of carbonyl (C=O) groups excluding carboxylic acids is 4. The Hall–Kier alpha value is -3.52. The van der Waals surface area contributed by atoms with Crippen molar-refractivity contribution < 1.29 is 28.7 Å². The molecule has 0 aromatic heterocycles. The summed E-state index contributed by atoms with van der Waals surface area (Å²) in [4.78, 5) is 50.1. The molecule has 1 heterocycles. The molecule has 0 unspecified atom stereocenters. The molecule has 1 aliphatic rings. The van der Waals surface area contributed by atoms with Gasteiger partial charge in [0.15, 0.2) is 0 Å². The van der Waals surface area contributed by atoms with Crippen LogP contribution < -0.4 is 5.32 Å². The number of esters is 1. The molecule has 1 aromatic carbocycles. The second kappa shape index (κ2) is 11.8. The number of hydrogen-bond acceptors (Lipinski definition) is 6. The molecule has 188 valence electrons. The molecule has 35 heavy (non-hydrogen) atoms. The van der Waals surface area contributed by atoms with Crippen LogP contribution in [0.4, 0.5) is 5.69 Å². The first-order valence-corrected chi connectivity index (χ1v) is 11.4. The summed E-state index contributed by atoms with van der Waals surface area (Å²) in [5, 5.41) is 2.71. The lowest BCUT2D eigenvalue weighted by Crippen LogP contribution is -2.57. The molecule has 2 rings (SSSR count). The van der Waals surface area contributed by atoms with E-state index in [1.54, 1.807) is 31.2 Å². The Bertz CT molecular complexity index is 1030. The van der Waals surface area contributed by atoms with Crippen molar-refractivity contribution in [1.29, 1.82) is 0 Å². The lowest BCUT2D eigenvalue weighted by Gasteiger charge is -2.45. The molecule has 0 spiro atoms. The summed E-state index contributed by atoms with van der Waals surface area (Å²) in [5.41, 5.74) is 0.0549. The van der Waals surface area contributed by atoms with Crippen LogP contribution in [-0.4, -0.2) is 48.3 Å². The number of amides is 3. The maximum Gasteiger partial charge on any atom is 0.337 e. The van der Waals surface area contributed by atoms with Crippen molar-refractivity contribution in [2.24, 2.45) is 5.41 Å². The third kappa shape index (κ3) is 6.76. The second-order valence-corrected chi connectivity index (χ2v) is 9.25. The number of nitrogens with zero attached hydrogens (tertiary/aromatic N) is 1. The number of benzene rings is 1. The lowest BCUT2D eigenvalue weighted by atomic mass is 9.63. The summed E-state index contributed by atoms with van der Waals surface area (Å²) >= 11 is 0. The Balaban J connectivity index is 1.91. The zero-order valence-electron chi connectivity index (χ0n) is 21.1. The number of carbonyl (C=O) groups is 4. The van der Waals surface area contributed by atoms with Crippen LogP contribution in [0.1, 0.15) is 46.6 Å². The standard InChI is InChI=1S/C27H34N2O6/c1-7-9-21(10-8-2)35-24(32)18-34-17-22(30)28-20-13-11-19(12-14-20)26(3,4)27(5,6)25(33)29-16-15-23(29)31/h7-14H,1,15-18H2,2-6H3,(H,28,30)/b10-8-,21-9+. The molecular formula is C27H34N2O6. The fourth-order valence-corrected chi connectivity index (χ4v) is 3.45. The SMILES string of the molecule is C=C/C=C(\C=C/C)OC(=O)COCC(=O)Nc1ccc(C(C)(C)C(C)(C)C(=O)N2CCC2=O)cc1. The van der Waals surface area contributed by atoms with E-state index < -0.39 is 22.7 Å². The van der Waals surface area contributed by atoms with Gasteiger partial charge in [0.05, 0.1) is 5.41 Å². The predicted octanol–water partition coefficient (Wildman–Crippen LogP) is 3.89. The summed E-state index contributed by atoms with van der Waals surface area (Å²) in [6, 6.07) is 7.16. The van der Waals surface area contributed by atoms with Gasteiger partial charge in [-0.3, -0.25) is 19.3 Å². The molecule has 1 N–H and O–H groups in total. The third-order valence-electron chi connectivity index (χ3n) is 6.38. The van der Waals surface area contributed by atoms with Crippen molar-refractivity contribution in [3.63, 3.8) is 0 Å². The number of imide groups is 1. The zero-order valence-corrected chi connectivity index (χ0v) is 21.1. The van der Waals surface area contributed by atoms with Crippen molar-refractivity contribution in [3.8, 4) is 0 Å². The average molecular weight is 483 g/mol. The molecule has 0 atom stereocenters. The van der Waals surface area contributed by atoms with Gasteiger partial charge >= 0.3 is 5.97 Å². The second-order valence-electron chi connectivity index (χ2n) is 9.25. The quantitative estimate of drug-likeness (QED) is 0.222. The van der Waals surface area contributed by atoms with Crippen molar-refractivity contribution in [2.45, 2.75) is 46.5 Å². The van der Waals surface area contributed by atoms with Crippen LogP contribution in [0.2, 0.25) is 0 Å². The van der Waals surface area contributed by atoms with Gasteiger partial charge in [0.1, 0.15) is 19.0 Å². The van der Waals surface area contributed by atoms with Crippen LogP contribution in [0.3, 0.4) is 0 Å². The van der Waals surface area contributed by atoms with Crippen molar-refractivity contribution in [2.75, 3.05) is 25.1 Å².